The second kappa shape index (κ2) is 7.04. The van der Waals surface area contributed by atoms with E-state index < -0.39 is 10.0 Å². The number of amides is 1. The van der Waals surface area contributed by atoms with Gasteiger partial charge in [-0.25, -0.2) is 8.42 Å². The number of carbonyl (C=O) groups is 1. The van der Waals surface area contributed by atoms with Gasteiger partial charge >= 0.3 is 0 Å². The molecule has 28 heavy (non-hydrogen) atoms. The molecule has 2 aliphatic heterocycles. The highest BCUT2D eigenvalue weighted by Gasteiger charge is 2.30. The van der Waals surface area contributed by atoms with Crippen molar-refractivity contribution in [2.75, 3.05) is 18.4 Å². The smallest absolute Gasteiger partial charge is 0.256 e. The predicted octanol–water partition coefficient (Wildman–Crippen LogP) is 3.91. The summed E-state index contributed by atoms with van der Waals surface area (Å²) in [6.45, 7) is 4.49. The molecule has 0 bridgehead atoms. The first kappa shape index (κ1) is 18.7. The average Bonchev–Trinajstić information content (AvgIpc) is 3.04. The molecule has 0 spiro atoms. The fourth-order valence-corrected chi connectivity index (χ4v) is 5.14. The number of carbonyl (C=O) groups excluding carboxylic acids is 1. The number of hydrogen-bond acceptors (Lipinski definition) is 3. The zero-order chi connectivity index (χ0) is 19.9. The van der Waals surface area contributed by atoms with Crippen LogP contribution < -0.4 is 5.32 Å². The lowest BCUT2D eigenvalue weighted by Crippen LogP contribution is -2.34. The lowest BCUT2D eigenvalue weighted by molar-refractivity contribution is -0.110. The van der Waals surface area contributed by atoms with E-state index in [0.29, 0.717) is 36.3 Å². The van der Waals surface area contributed by atoms with Crippen LogP contribution in [0, 0.1) is 0 Å². The van der Waals surface area contributed by atoms with Crippen LogP contribution in [0.15, 0.2) is 65.1 Å². The molecule has 0 fully saturated rings. The molecule has 0 saturated heterocycles. The first-order chi connectivity index (χ1) is 13.4. The van der Waals surface area contributed by atoms with Crippen LogP contribution in [0.25, 0.3) is 11.1 Å². The van der Waals surface area contributed by atoms with Crippen LogP contribution in [-0.2, 0) is 14.8 Å². The van der Waals surface area contributed by atoms with Crippen LogP contribution in [0.1, 0.15) is 31.4 Å². The van der Waals surface area contributed by atoms with Gasteiger partial charge in [-0.2, -0.15) is 4.31 Å². The summed E-state index contributed by atoms with van der Waals surface area (Å²) < 4.78 is 27.8. The normalized spacial score (nSPS) is 17.1. The molecule has 4 rings (SSSR count). The Kier molecular flexibility index (Phi) is 4.69. The van der Waals surface area contributed by atoms with Gasteiger partial charge in [0.1, 0.15) is 0 Å². The van der Waals surface area contributed by atoms with Crippen molar-refractivity contribution in [3.05, 3.63) is 71.3 Å². The van der Waals surface area contributed by atoms with Crippen LogP contribution in [0.3, 0.4) is 0 Å². The minimum absolute atomic E-state index is 0.182. The molecule has 0 aliphatic carbocycles. The Morgan fingerprint density at radius 3 is 2.46 bits per heavy atom. The molecule has 144 valence electrons. The van der Waals surface area contributed by atoms with E-state index in [1.165, 1.54) is 9.88 Å². The van der Waals surface area contributed by atoms with Gasteiger partial charge in [0.15, 0.2) is 0 Å². The summed E-state index contributed by atoms with van der Waals surface area (Å²) in [5, 5.41) is 2.80. The lowest BCUT2D eigenvalue weighted by atomic mass is 10.0. The molecule has 0 saturated carbocycles. The van der Waals surface area contributed by atoms with Crippen molar-refractivity contribution in [1.82, 2.24) is 4.31 Å². The quantitative estimate of drug-likeness (QED) is 0.803. The van der Waals surface area contributed by atoms with Crippen molar-refractivity contribution in [2.45, 2.75) is 25.2 Å². The highest BCUT2D eigenvalue weighted by molar-refractivity contribution is 7.89. The van der Waals surface area contributed by atoms with E-state index in [1.807, 2.05) is 50.3 Å². The molecule has 2 aromatic rings. The summed E-state index contributed by atoms with van der Waals surface area (Å²) >= 11 is 0. The fourth-order valence-electron chi connectivity index (χ4n) is 3.74. The molecule has 1 amide bonds. The third kappa shape index (κ3) is 3.19. The maximum absolute atomic E-state index is 13.2. The number of fused-ring (bicyclic) bond motifs is 1. The number of rotatable bonds is 3. The SMILES string of the molecule is CC(C)=C1C(=O)Nc2ccc(S(=O)(=O)N3CC=C(c4ccccc4)CC3)cc21. The number of nitrogens with zero attached hydrogens (tertiary/aromatic N) is 1. The molecule has 2 aromatic carbocycles. The summed E-state index contributed by atoms with van der Waals surface area (Å²) in [5.74, 6) is -0.182. The number of sulfonamides is 1. The molecule has 2 aliphatic rings. The van der Waals surface area contributed by atoms with E-state index in [0.717, 1.165) is 11.1 Å². The molecule has 0 unspecified atom stereocenters. The number of benzene rings is 2. The van der Waals surface area contributed by atoms with Gasteiger partial charge in [0.05, 0.1) is 4.90 Å². The lowest BCUT2D eigenvalue weighted by Gasteiger charge is -2.26. The maximum atomic E-state index is 13.2. The van der Waals surface area contributed by atoms with Crippen LogP contribution in [0.5, 0.6) is 0 Å². The largest absolute Gasteiger partial charge is 0.321 e. The number of allylic oxidation sites excluding steroid dienone is 1. The molecule has 0 atom stereocenters. The van der Waals surface area contributed by atoms with Gasteiger partial charge in [-0.1, -0.05) is 42.0 Å². The van der Waals surface area contributed by atoms with E-state index in [-0.39, 0.29) is 10.8 Å². The molecular formula is C22H22N2O3S. The second-order valence-electron chi connectivity index (χ2n) is 7.24. The Hall–Kier alpha value is -2.70. The van der Waals surface area contributed by atoms with Gasteiger partial charge in [-0.3, -0.25) is 4.79 Å². The molecular weight excluding hydrogens is 372 g/mol. The van der Waals surface area contributed by atoms with E-state index in [2.05, 4.69) is 5.32 Å². The fraction of sp³-hybridized carbons (Fsp3) is 0.227. The second-order valence-corrected chi connectivity index (χ2v) is 9.18. The summed E-state index contributed by atoms with van der Waals surface area (Å²) in [6.07, 6.45) is 2.66. The Morgan fingerprint density at radius 2 is 1.82 bits per heavy atom. The van der Waals surface area contributed by atoms with E-state index in [9.17, 15) is 13.2 Å². The summed E-state index contributed by atoms with van der Waals surface area (Å²) in [4.78, 5) is 12.4. The molecule has 0 aromatic heterocycles. The van der Waals surface area contributed by atoms with Gasteiger partial charge in [0, 0.05) is 29.9 Å². The van der Waals surface area contributed by atoms with Crippen molar-refractivity contribution in [3.8, 4) is 0 Å². The van der Waals surface area contributed by atoms with Crippen molar-refractivity contribution < 1.29 is 13.2 Å². The van der Waals surface area contributed by atoms with E-state index >= 15 is 0 Å². The number of anilines is 1. The maximum Gasteiger partial charge on any atom is 0.256 e. The van der Waals surface area contributed by atoms with Gasteiger partial charge in [-0.05, 0) is 49.6 Å². The van der Waals surface area contributed by atoms with Crippen LogP contribution >= 0.6 is 0 Å². The van der Waals surface area contributed by atoms with E-state index in [1.54, 1.807) is 18.2 Å². The minimum Gasteiger partial charge on any atom is -0.321 e. The number of nitrogens with one attached hydrogen (secondary N) is 1. The third-order valence-electron chi connectivity index (χ3n) is 5.19. The Bertz CT molecular complexity index is 1110. The molecule has 1 N–H and O–H groups in total. The van der Waals surface area contributed by atoms with Crippen LogP contribution in [-0.4, -0.2) is 31.7 Å². The van der Waals surface area contributed by atoms with Gasteiger partial charge in [0.25, 0.3) is 5.91 Å². The average molecular weight is 394 g/mol. The Labute approximate surface area is 165 Å². The highest BCUT2D eigenvalue weighted by atomic mass is 32.2. The summed E-state index contributed by atoms with van der Waals surface area (Å²) in [7, 11) is -3.63. The van der Waals surface area contributed by atoms with E-state index in [4.69, 9.17) is 0 Å². The molecule has 0 radical (unpaired) electrons. The van der Waals surface area contributed by atoms with Crippen molar-refractivity contribution >= 4 is 32.8 Å². The van der Waals surface area contributed by atoms with Gasteiger partial charge in [-0.15, -0.1) is 0 Å². The predicted molar refractivity (Wildman–Crippen MR) is 111 cm³/mol. The van der Waals surface area contributed by atoms with Crippen molar-refractivity contribution in [3.63, 3.8) is 0 Å². The third-order valence-corrected chi connectivity index (χ3v) is 7.05. The molecule has 2 heterocycles. The monoisotopic (exact) mass is 394 g/mol. The summed E-state index contributed by atoms with van der Waals surface area (Å²) in [5.41, 5.74) is 5.03. The topological polar surface area (TPSA) is 66.5 Å². The van der Waals surface area contributed by atoms with Gasteiger partial charge < -0.3 is 5.32 Å². The standard InChI is InChI=1S/C22H22N2O3S/c1-15(2)21-19-14-18(8-9-20(19)23-22(21)25)28(26,27)24-12-10-17(11-13-24)16-6-4-3-5-7-16/h3-10,14H,11-13H2,1-2H3,(H,23,25). The van der Waals surface area contributed by atoms with Gasteiger partial charge in [0.2, 0.25) is 10.0 Å². The zero-order valence-corrected chi connectivity index (χ0v) is 16.7. The Morgan fingerprint density at radius 1 is 1.07 bits per heavy atom. The number of hydrogen-bond donors (Lipinski definition) is 1. The van der Waals surface area contributed by atoms with Crippen molar-refractivity contribution in [1.29, 1.82) is 0 Å². The van der Waals surface area contributed by atoms with Crippen molar-refractivity contribution in [2.24, 2.45) is 0 Å². The molecule has 6 heteroatoms. The first-order valence-electron chi connectivity index (χ1n) is 9.26. The zero-order valence-electron chi connectivity index (χ0n) is 15.9. The first-order valence-corrected chi connectivity index (χ1v) is 10.7. The molecule has 5 nitrogen and oxygen atoms in total. The summed E-state index contributed by atoms with van der Waals surface area (Å²) in [6, 6.07) is 14.9. The highest BCUT2D eigenvalue weighted by Crippen LogP contribution is 2.36. The van der Waals surface area contributed by atoms with Crippen LogP contribution in [0.2, 0.25) is 0 Å². The minimum atomic E-state index is -3.63. The Balaban J connectivity index is 1.63. The van der Waals surface area contributed by atoms with Crippen LogP contribution in [0.4, 0.5) is 5.69 Å².